The van der Waals surface area contributed by atoms with E-state index in [-0.39, 0.29) is 17.8 Å². The van der Waals surface area contributed by atoms with E-state index in [1.165, 1.54) is 34.9 Å². The standard InChI is InChI=1S/C20H18F2N4O3/c1-25(2)16-7-11-9-26(17(27)14(11)8-15(16)22)10-20(18(28)23-19(29)24-20)12-3-5-13(21)6-4-12/h3-9,27H,10H2,1-2H3,(H2,23,24,28,29). The van der Waals surface area contributed by atoms with Crippen molar-refractivity contribution in [2.75, 3.05) is 19.0 Å². The lowest BCUT2D eigenvalue weighted by atomic mass is 9.89. The number of imide groups is 1. The van der Waals surface area contributed by atoms with Gasteiger partial charge in [-0.05, 0) is 29.8 Å². The first-order chi connectivity index (χ1) is 13.7. The van der Waals surface area contributed by atoms with E-state index in [4.69, 9.17) is 0 Å². The third kappa shape index (κ3) is 2.95. The Morgan fingerprint density at radius 1 is 1.14 bits per heavy atom. The Balaban J connectivity index is 1.84. The van der Waals surface area contributed by atoms with Crippen molar-refractivity contribution >= 4 is 28.4 Å². The van der Waals surface area contributed by atoms with E-state index in [9.17, 15) is 23.5 Å². The van der Waals surface area contributed by atoms with E-state index >= 15 is 0 Å². The van der Waals surface area contributed by atoms with Gasteiger partial charge in [0.2, 0.25) is 0 Å². The van der Waals surface area contributed by atoms with Crippen molar-refractivity contribution in [3.8, 4) is 5.88 Å². The summed E-state index contributed by atoms with van der Waals surface area (Å²) in [5, 5.41) is 16.2. The van der Waals surface area contributed by atoms with Crippen LogP contribution in [0, 0.1) is 11.6 Å². The largest absolute Gasteiger partial charge is 0.494 e. The molecule has 3 N–H and O–H groups in total. The predicted octanol–water partition coefficient (Wildman–Crippen LogP) is 2.43. The van der Waals surface area contributed by atoms with Gasteiger partial charge in [-0.1, -0.05) is 12.1 Å². The van der Waals surface area contributed by atoms with Gasteiger partial charge in [0.05, 0.1) is 12.2 Å². The van der Waals surface area contributed by atoms with E-state index in [1.807, 2.05) is 0 Å². The SMILES string of the molecule is CN(C)c1cc2cn(CC3(c4ccc(F)cc4)NC(=O)NC3=O)c(O)c2cc1F. The molecular weight excluding hydrogens is 382 g/mol. The minimum Gasteiger partial charge on any atom is -0.494 e. The van der Waals surface area contributed by atoms with Crippen molar-refractivity contribution in [2.45, 2.75) is 12.1 Å². The number of fused-ring (bicyclic) bond motifs is 1. The zero-order chi connectivity index (χ0) is 20.9. The number of nitrogens with zero attached hydrogens (tertiary/aromatic N) is 2. The molecule has 29 heavy (non-hydrogen) atoms. The number of hydrogen-bond acceptors (Lipinski definition) is 4. The molecule has 0 saturated carbocycles. The van der Waals surface area contributed by atoms with Gasteiger partial charge in [-0.25, -0.2) is 13.6 Å². The molecule has 1 atom stereocenters. The number of carbonyl (C=O) groups excluding carboxylic acids is 2. The fourth-order valence-electron chi connectivity index (χ4n) is 3.61. The maximum Gasteiger partial charge on any atom is 0.322 e. The van der Waals surface area contributed by atoms with E-state index < -0.39 is 29.1 Å². The van der Waals surface area contributed by atoms with Gasteiger partial charge in [0, 0.05) is 31.1 Å². The third-order valence-electron chi connectivity index (χ3n) is 5.09. The van der Waals surface area contributed by atoms with Crippen molar-refractivity contribution in [1.82, 2.24) is 15.2 Å². The van der Waals surface area contributed by atoms with Gasteiger partial charge in [0.1, 0.15) is 11.6 Å². The number of aromatic hydroxyl groups is 1. The first-order valence-corrected chi connectivity index (χ1v) is 8.79. The Bertz CT molecular complexity index is 1140. The fourth-order valence-corrected chi connectivity index (χ4v) is 3.61. The summed E-state index contributed by atoms with van der Waals surface area (Å²) < 4.78 is 29.1. The van der Waals surface area contributed by atoms with Crippen LogP contribution in [0.25, 0.3) is 10.8 Å². The molecule has 3 amide bonds. The van der Waals surface area contributed by atoms with Gasteiger partial charge >= 0.3 is 6.03 Å². The number of benzene rings is 2. The number of amides is 3. The minimum atomic E-state index is -1.56. The van der Waals surface area contributed by atoms with Crippen LogP contribution in [0.3, 0.4) is 0 Å². The van der Waals surface area contributed by atoms with E-state index in [0.717, 1.165) is 0 Å². The molecule has 1 fully saturated rings. The maximum atomic E-state index is 14.3. The summed E-state index contributed by atoms with van der Waals surface area (Å²) in [5.74, 6) is -1.88. The van der Waals surface area contributed by atoms with Crippen molar-refractivity contribution < 1.29 is 23.5 Å². The minimum absolute atomic E-state index is 0.171. The molecule has 0 aliphatic carbocycles. The predicted molar refractivity (Wildman–Crippen MR) is 103 cm³/mol. The molecule has 3 aromatic rings. The van der Waals surface area contributed by atoms with Crippen LogP contribution < -0.4 is 15.5 Å². The number of carbonyl (C=O) groups is 2. The van der Waals surface area contributed by atoms with E-state index in [0.29, 0.717) is 16.6 Å². The molecule has 7 nitrogen and oxygen atoms in total. The summed E-state index contributed by atoms with van der Waals surface area (Å²) in [5.41, 5.74) is -0.866. The highest BCUT2D eigenvalue weighted by molar-refractivity contribution is 6.07. The monoisotopic (exact) mass is 400 g/mol. The second-order valence-electron chi connectivity index (χ2n) is 7.19. The van der Waals surface area contributed by atoms with Crippen LogP contribution in [-0.4, -0.2) is 35.7 Å². The molecule has 1 aliphatic rings. The van der Waals surface area contributed by atoms with Gasteiger partial charge in [-0.3, -0.25) is 10.1 Å². The first kappa shape index (κ1) is 18.7. The lowest BCUT2D eigenvalue weighted by Gasteiger charge is -2.27. The van der Waals surface area contributed by atoms with Crippen molar-refractivity contribution in [3.63, 3.8) is 0 Å². The molecular formula is C20H18F2N4O3. The topological polar surface area (TPSA) is 86.6 Å². The number of nitrogens with one attached hydrogen (secondary N) is 2. The maximum absolute atomic E-state index is 14.3. The highest BCUT2D eigenvalue weighted by Gasteiger charge is 2.48. The Morgan fingerprint density at radius 3 is 2.41 bits per heavy atom. The van der Waals surface area contributed by atoms with Gasteiger partial charge in [0.15, 0.2) is 11.4 Å². The number of anilines is 1. The molecule has 0 spiro atoms. The van der Waals surface area contributed by atoms with Crippen LogP contribution in [0.15, 0.2) is 42.6 Å². The summed E-state index contributed by atoms with van der Waals surface area (Å²) in [4.78, 5) is 26.2. The first-order valence-electron chi connectivity index (χ1n) is 8.79. The second-order valence-corrected chi connectivity index (χ2v) is 7.19. The summed E-state index contributed by atoms with van der Waals surface area (Å²) in [6, 6.07) is 7.25. The Kier molecular flexibility index (Phi) is 4.18. The van der Waals surface area contributed by atoms with Gasteiger partial charge in [0.25, 0.3) is 5.91 Å². The van der Waals surface area contributed by atoms with Crippen molar-refractivity contribution in [2.24, 2.45) is 0 Å². The van der Waals surface area contributed by atoms with Crippen LogP contribution in [0.4, 0.5) is 19.3 Å². The van der Waals surface area contributed by atoms with Gasteiger partial charge < -0.3 is 19.9 Å². The summed E-state index contributed by atoms with van der Waals surface area (Å²) in [6.45, 7) is -0.171. The normalized spacial score (nSPS) is 18.8. The molecule has 1 unspecified atom stereocenters. The van der Waals surface area contributed by atoms with Crippen LogP contribution in [-0.2, 0) is 16.9 Å². The van der Waals surface area contributed by atoms with Crippen molar-refractivity contribution in [3.05, 3.63) is 59.8 Å². The molecule has 0 radical (unpaired) electrons. The molecule has 9 heteroatoms. The zero-order valence-corrected chi connectivity index (χ0v) is 15.7. The summed E-state index contributed by atoms with van der Waals surface area (Å²) in [6.07, 6.45) is 1.57. The summed E-state index contributed by atoms with van der Waals surface area (Å²) in [7, 11) is 3.39. The van der Waals surface area contributed by atoms with Gasteiger partial charge in [-0.2, -0.15) is 0 Å². The fraction of sp³-hybridized carbons (Fsp3) is 0.200. The summed E-state index contributed by atoms with van der Waals surface area (Å²) >= 11 is 0. The molecule has 1 aliphatic heterocycles. The van der Waals surface area contributed by atoms with Crippen LogP contribution in [0.5, 0.6) is 5.88 Å². The van der Waals surface area contributed by atoms with Crippen molar-refractivity contribution in [1.29, 1.82) is 0 Å². The number of urea groups is 1. The van der Waals surface area contributed by atoms with Crippen LogP contribution >= 0.6 is 0 Å². The Hall–Kier alpha value is -3.62. The third-order valence-corrected chi connectivity index (χ3v) is 5.09. The lowest BCUT2D eigenvalue weighted by molar-refractivity contribution is -0.124. The van der Waals surface area contributed by atoms with Crippen LogP contribution in [0.1, 0.15) is 5.56 Å². The quantitative estimate of drug-likeness (QED) is 0.587. The average molecular weight is 400 g/mol. The highest BCUT2D eigenvalue weighted by atomic mass is 19.1. The molecule has 1 saturated heterocycles. The number of hydrogen-bond donors (Lipinski definition) is 3. The van der Waals surface area contributed by atoms with Crippen LogP contribution in [0.2, 0.25) is 0 Å². The zero-order valence-electron chi connectivity index (χ0n) is 15.7. The van der Waals surface area contributed by atoms with Gasteiger partial charge in [-0.15, -0.1) is 0 Å². The second kappa shape index (κ2) is 6.47. The molecule has 1 aromatic heterocycles. The Labute approximate surface area is 164 Å². The van der Waals surface area contributed by atoms with E-state index in [2.05, 4.69) is 10.6 Å². The van der Waals surface area contributed by atoms with E-state index in [1.54, 1.807) is 31.3 Å². The smallest absolute Gasteiger partial charge is 0.322 e. The molecule has 150 valence electrons. The lowest BCUT2D eigenvalue weighted by Crippen LogP contribution is -2.47. The number of aromatic nitrogens is 1. The molecule has 4 rings (SSSR count). The molecule has 2 aromatic carbocycles. The molecule has 2 heterocycles. The Morgan fingerprint density at radius 2 is 1.83 bits per heavy atom. The molecule has 0 bridgehead atoms. The average Bonchev–Trinajstić information content (AvgIpc) is 3.11. The highest BCUT2D eigenvalue weighted by Crippen LogP contribution is 2.35. The number of rotatable bonds is 4. The number of halogens is 2.